The first kappa shape index (κ1) is 19.8. The maximum Gasteiger partial charge on any atom is 0.316 e. The monoisotopic (exact) mass is 395 g/mol. The summed E-state index contributed by atoms with van der Waals surface area (Å²) < 4.78 is 5.17. The lowest BCUT2D eigenvalue weighted by Gasteiger charge is -2.26. The van der Waals surface area contributed by atoms with E-state index in [2.05, 4.69) is 9.97 Å². The van der Waals surface area contributed by atoms with E-state index in [0.29, 0.717) is 5.03 Å². The summed E-state index contributed by atoms with van der Waals surface area (Å²) >= 11 is 1.23. The predicted octanol–water partition coefficient (Wildman–Crippen LogP) is 3.71. The Bertz CT molecular complexity index is 963. The van der Waals surface area contributed by atoms with Crippen molar-refractivity contribution in [2.45, 2.75) is 24.9 Å². The van der Waals surface area contributed by atoms with Gasteiger partial charge in [0.05, 0.1) is 23.0 Å². The molecule has 1 heterocycles. The molecule has 7 heteroatoms. The van der Waals surface area contributed by atoms with Crippen molar-refractivity contribution in [2.75, 3.05) is 17.3 Å². The molecule has 0 aliphatic rings. The molecule has 3 rings (SSSR count). The lowest BCUT2D eigenvalue weighted by molar-refractivity contribution is -0.145. The number of esters is 1. The number of hydrogen-bond acceptors (Lipinski definition) is 6. The second kappa shape index (κ2) is 9.32. The van der Waals surface area contributed by atoms with Crippen LogP contribution >= 0.6 is 11.8 Å². The van der Waals surface area contributed by atoms with E-state index >= 15 is 0 Å². The van der Waals surface area contributed by atoms with Gasteiger partial charge in [0.2, 0.25) is 0 Å². The molecule has 2 aromatic carbocycles. The Morgan fingerprint density at radius 3 is 2.43 bits per heavy atom. The highest BCUT2D eigenvalue weighted by molar-refractivity contribution is 7.99. The van der Waals surface area contributed by atoms with E-state index in [0.717, 1.165) is 16.7 Å². The van der Waals surface area contributed by atoms with Gasteiger partial charge >= 0.3 is 5.97 Å². The first-order valence-electron chi connectivity index (χ1n) is 8.92. The van der Waals surface area contributed by atoms with Gasteiger partial charge in [-0.1, -0.05) is 42.1 Å². The number of anilines is 1. The molecule has 0 fully saturated rings. The van der Waals surface area contributed by atoms with E-state index < -0.39 is 5.97 Å². The zero-order chi connectivity index (χ0) is 19.9. The van der Waals surface area contributed by atoms with Crippen LogP contribution in [0.4, 0.5) is 5.69 Å². The van der Waals surface area contributed by atoms with Crippen LogP contribution in [0.15, 0.2) is 65.8 Å². The minimum absolute atomic E-state index is 0.0455. The van der Waals surface area contributed by atoms with Crippen molar-refractivity contribution in [3.05, 3.63) is 60.8 Å². The van der Waals surface area contributed by atoms with E-state index in [1.807, 2.05) is 68.4 Å². The van der Waals surface area contributed by atoms with Gasteiger partial charge in [-0.15, -0.1) is 0 Å². The van der Waals surface area contributed by atoms with Crippen molar-refractivity contribution in [1.29, 1.82) is 0 Å². The van der Waals surface area contributed by atoms with Crippen LogP contribution < -0.4 is 4.90 Å². The van der Waals surface area contributed by atoms with Crippen LogP contribution in [-0.4, -0.2) is 40.2 Å². The Hall–Kier alpha value is -2.93. The molecule has 0 spiro atoms. The van der Waals surface area contributed by atoms with Gasteiger partial charge in [-0.25, -0.2) is 4.98 Å². The van der Waals surface area contributed by atoms with Crippen molar-refractivity contribution in [3.63, 3.8) is 0 Å². The third-order valence-electron chi connectivity index (χ3n) is 3.94. The molecular formula is C21H21N3O3S. The predicted molar refractivity (Wildman–Crippen MR) is 110 cm³/mol. The van der Waals surface area contributed by atoms with Gasteiger partial charge in [0.25, 0.3) is 5.91 Å². The third-order valence-corrected chi connectivity index (χ3v) is 4.81. The van der Waals surface area contributed by atoms with E-state index in [1.165, 1.54) is 11.8 Å². The van der Waals surface area contributed by atoms with Crippen molar-refractivity contribution in [2.24, 2.45) is 0 Å². The smallest absolute Gasteiger partial charge is 0.316 e. The van der Waals surface area contributed by atoms with E-state index in [1.54, 1.807) is 11.1 Å². The number of benzene rings is 2. The highest BCUT2D eigenvalue weighted by Crippen LogP contribution is 2.19. The Labute approximate surface area is 167 Å². The lowest BCUT2D eigenvalue weighted by atomic mass is 10.2. The van der Waals surface area contributed by atoms with Crippen LogP contribution in [-0.2, 0) is 14.3 Å². The van der Waals surface area contributed by atoms with Gasteiger partial charge < -0.3 is 9.64 Å². The number of ether oxygens (including phenoxy) is 1. The molecule has 0 bridgehead atoms. The summed E-state index contributed by atoms with van der Waals surface area (Å²) in [6.45, 7) is 3.54. The summed E-state index contributed by atoms with van der Waals surface area (Å²) in [5.41, 5.74) is 2.35. The molecule has 0 saturated carbocycles. The van der Waals surface area contributed by atoms with Crippen LogP contribution in [0.3, 0.4) is 0 Å². The Morgan fingerprint density at radius 2 is 1.71 bits per heavy atom. The minimum Gasteiger partial charge on any atom is -0.455 e. The average Bonchev–Trinajstić information content (AvgIpc) is 2.71. The number of fused-ring (bicyclic) bond motifs is 1. The van der Waals surface area contributed by atoms with Gasteiger partial charge in [-0.3, -0.25) is 14.6 Å². The minimum atomic E-state index is -0.468. The van der Waals surface area contributed by atoms with E-state index in [9.17, 15) is 9.59 Å². The summed E-state index contributed by atoms with van der Waals surface area (Å²) in [5.74, 6) is -0.664. The molecule has 1 amide bonds. The largest absolute Gasteiger partial charge is 0.455 e. The fraction of sp³-hybridized carbons (Fsp3) is 0.238. The number of hydrogen-bond donors (Lipinski definition) is 0. The maximum absolute atomic E-state index is 12.5. The molecule has 0 aliphatic carbocycles. The van der Waals surface area contributed by atoms with Crippen molar-refractivity contribution >= 4 is 40.4 Å². The van der Waals surface area contributed by atoms with Crippen molar-refractivity contribution in [3.8, 4) is 0 Å². The average molecular weight is 395 g/mol. The molecule has 0 aliphatic heterocycles. The van der Waals surface area contributed by atoms with Crippen molar-refractivity contribution < 1.29 is 14.3 Å². The van der Waals surface area contributed by atoms with Gasteiger partial charge in [-0.2, -0.15) is 0 Å². The standard InChI is InChI=1S/C21H21N3O3S/c1-15(2)24(16-8-4-3-5-9-16)20(25)13-27-21(26)14-28-19-12-22-17-10-6-7-11-18(17)23-19/h3-12,15H,13-14H2,1-2H3. The van der Waals surface area contributed by atoms with Gasteiger partial charge in [0, 0.05) is 11.7 Å². The summed E-state index contributed by atoms with van der Waals surface area (Å²) in [6, 6.07) is 16.8. The number of rotatable bonds is 7. The Morgan fingerprint density at radius 1 is 1.04 bits per heavy atom. The Kier molecular flexibility index (Phi) is 6.60. The van der Waals surface area contributed by atoms with Gasteiger partial charge in [0.1, 0.15) is 5.03 Å². The van der Waals surface area contributed by atoms with Crippen LogP contribution in [0.5, 0.6) is 0 Å². The maximum atomic E-state index is 12.5. The summed E-state index contributed by atoms with van der Waals surface area (Å²) in [6.07, 6.45) is 1.63. The number of para-hydroxylation sites is 3. The first-order chi connectivity index (χ1) is 13.5. The molecule has 0 N–H and O–H groups in total. The van der Waals surface area contributed by atoms with Crippen LogP contribution in [0.1, 0.15) is 13.8 Å². The quantitative estimate of drug-likeness (QED) is 0.449. The molecule has 0 atom stereocenters. The molecule has 6 nitrogen and oxygen atoms in total. The number of carbonyl (C=O) groups is 2. The van der Waals surface area contributed by atoms with Crippen LogP contribution in [0.25, 0.3) is 11.0 Å². The summed E-state index contributed by atoms with van der Waals surface area (Å²) in [7, 11) is 0. The summed E-state index contributed by atoms with van der Waals surface area (Å²) in [4.78, 5) is 35.0. The highest BCUT2D eigenvalue weighted by Gasteiger charge is 2.20. The Balaban J connectivity index is 1.53. The van der Waals surface area contributed by atoms with Gasteiger partial charge in [-0.05, 0) is 38.1 Å². The number of amides is 1. The molecule has 1 aromatic heterocycles. The number of aromatic nitrogens is 2. The van der Waals surface area contributed by atoms with Crippen molar-refractivity contribution in [1.82, 2.24) is 9.97 Å². The highest BCUT2D eigenvalue weighted by atomic mass is 32.2. The third kappa shape index (κ3) is 5.07. The normalized spacial score (nSPS) is 10.8. The molecule has 0 radical (unpaired) electrons. The molecule has 28 heavy (non-hydrogen) atoms. The number of nitrogens with zero attached hydrogens (tertiary/aromatic N) is 3. The fourth-order valence-corrected chi connectivity index (χ4v) is 3.35. The van der Waals surface area contributed by atoms with E-state index in [-0.39, 0.29) is 24.3 Å². The van der Waals surface area contributed by atoms with E-state index in [4.69, 9.17) is 4.74 Å². The molecule has 3 aromatic rings. The van der Waals surface area contributed by atoms with Crippen LogP contribution in [0.2, 0.25) is 0 Å². The molecular weight excluding hydrogens is 374 g/mol. The zero-order valence-electron chi connectivity index (χ0n) is 15.7. The fourth-order valence-electron chi connectivity index (χ4n) is 2.71. The number of thioether (sulfide) groups is 1. The lowest BCUT2D eigenvalue weighted by Crippen LogP contribution is -2.40. The molecule has 0 saturated heterocycles. The van der Waals surface area contributed by atoms with Crippen LogP contribution in [0, 0.1) is 0 Å². The summed E-state index contributed by atoms with van der Waals surface area (Å²) in [5, 5.41) is 0.634. The second-order valence-electron chi connectivity index (χ2n) is 6.34. The number of carbonyl (C=O) groups excluding carboxylic acids is 2. The van der Waals surface area contributed by atoms with Gasteiger partial charge in [0.15, 0.2) is 6.61 Å². The second-order valence-corrected chi connectivity index (χ2v) is 7.33. The topological polar surface area (TPSA) is 72.4 Å². The molecule has 144 valence electrons. The molecule has 0 unspecified atom stereocenters. The SMILES string of the molecule is CC(C)N(C(=O)COC(=O)CSc1cnc2ccccc2n1)c1ccccc1. The zero-order valence-corrected chi connectivity index (χ0v) is 16.6. The first-order valence-corrected chi connectivity index (χ1v) is 9.90.